The quantitative estimate of drug-likeness (QED) is 0.574. The van der Waals surface area contributed by atoms with E-state index in [0.29, 0.717) is 0 Å². The van der Waals surface area contributed by atoms with E-state index in [0.717, 1.165) is 32.1 Å². The third kappa shape index (κ3) is 5.09. The number of benzene rings is 2. The molecule has 0 atom stereocenters. The predicted molar refractivity (Wildman–Crippen MR) is 104 cm³/mol. The van der Waals surface area contributed by atoms with Gasteiger partial charge >= 0.3 is 0 Å². The standard InChI is InChI=1S/C24H26/c1-20-12-13-23(16-14-21-8-4-2-5-9-21)19-24(18-20)17-15-22-10-6-3-7-11-22/h2-12,18-19H,13-17H2,1H3. The first-order valence-corrected chi connectivity index (χ1v) is 8.94. The highest BCUT2D eigenvalue weighted by Gasteiger charge is 2.05. The Kier molecular flexibility index (Phi) is 5.85. The van der Waals surface area contributed by atoms with Crippen LogP contribution in [0, 0.1) is 0 Å². The van der Waals surface area contributed by atoms with Gasteiger partial charge in [0.15, 0.2) is 0 Å². The third-order valence-corrected chi connectivity index (χ3v) is 4.61. The van der Waals surface area contributed by atoms with E-state index in [4.69, 9.17) is 0 Å². The van der Waals surface area contributed by atoms with Crippen LogP contribution in [0.4, 0.5) is 0 Å². The van der Waals surface area contributed by atoms with E-state index in [1.165, 1.54) is 22.3 Å². The summed E-state index contributed by atoms with van der Waals surface area (Å²) in [6, 6.07) is 21.6. The highest BCUT2D eigenvalue weighted by Crippen LogP contribution is 2.23. The van der Waals surface area contributed by atoms with E-state index in [-0.39, 0.29) is 0 Å². The van der Waals surface area contributed by atoms with Crippen LogP contribution in [0.5, 0.6) is 0 Å². The fraction of sp³-hybridized carbons (Fsp3) is 0.250. The molecule has 0 amide bonds. The second-order valence-corrected chi connectivity index (χ2v) is 6.65. The summed E-state index contributed by atoms with van der Waals surface area (Å²) >= 11 is 0. The van der Waals surface area contributed by atoms with Gasteiger partial charge in [0.2, 0.25) is 0 Å². The van der Waals surface area contributed by atoms with Crippen LogP contribution in [0.25, 0.3) is 0 Å². The molecule has 0 aromatic heterocycles. The van der Waals surface area contributed by atoms with Gasteiger partial charge in [0, 0.05) is 0 Å². The van der Waals surface area contributed by atoms with Crippen molar-refractivity contribution in [3.05, 3.63) is 107 Å². The third-order valence-electron chi connectivity index (χ3n) is 4.61. The van der Waals surface area contributed by atoms with Crippen molar-refractivity contribution >= 4 is 0 Å². The number of hydrogen-bond acceptors (Lipinski definition) is 0. The highest BCUT2D eigenvalue weighted by molar-refractivity contribution is 5.37. The predicted octanol–water partition coefficient (Wildman–Crippen LogP) is 6.45. The van der Waals surface area contributed by atoms with E-state index >= 15 is 0 Å². The van der Waals surface area contributed by atoms with Crippen LogP contribution in [-0.4, -0.2) is 0 Å². The average Bonchev–Trinajstić information content (AvgIpc) is 2.81. The molecule has 0 fully saturated rings. The van der Waals surface area contributed by atoms with Gasteiger partial charge in [0.1, 0.15) is 0 Å². The van der Waals surface area contributed by atoms with Gasteiger partial charge in [-0.1, -0.05) is 90.0 Å². The molecule has 1 aliphatic rings. The minimum Gasteiger partial charge on any atom is -0.0775 e. The van der Waals surface area contributed by atoms with E-state index < -0.39 is 0 Å². The Morgan fingerprint density at radius 2 is 1.25 bits per heavy atom. The Hall–Kier alpha value is -2.34. The smallest absolute Gasteiger partial charge is 0.0130 e. The van der Waals surface area contributed by atoms with Gasteiger partial charge < -0.3 is 0 Å². The van der Waals surface area contributed by atoms with Gasteiger partial charge in [-0.3, -0.25) is 0 Å². The second-order valence-electron chi connectivity index (χ2n) is 6.65. The molecule has 0 N–H and O–H groups in total. The average molecular weight is 314 g/mol. The summed E-state index contributed by atoms with van der Waals surface area (Å²) in [5.74, 6) is 0. The number of allylic oxidation sites excluding steroid dienone is 6. The molecule has 0 unspecified atom stereocenters. The lowest BCUT2D eigenvalue weighted by molar-refractivity contribution is 0.900. The normalized spacial score (nSPS) is 14.5. The molecule has 0 heterocycles. The fourth-order valence-corrected chi connectivity index (χ4v) is 3.21. The topological polar surface area (TPSA) is 0 Å². The Balaban J connectivity index is 1.64. The summed E-state index contributed by atoms with van der Waals surface area (Å²) in [6.45, 7) is 2.22. The first kappa shape index (κ1) is 16.5. The van der Waals surface area contributed by atoms with Crippen LogP contribution in [0.2, 0.25) is 0 Å². The van der Waals surface area contributed by atoms with Crippen LogP contribution < -0.4 is 0 Å². The van der Waals surface area contributed by atoms with Gasteiger partial charge in [0.05, 0.1) is 0 Å². The van der Waals surface area contributed by atoms with Gasteiger partial charge in [-0.05, 0) is 55.7 Å². The van der Waals surface area contributed by atoms with Crippen LogP contribution in [0.1, 0.15) is 37.3 Å². The summed E-state index contributed by atoms with van der Waals surface area (Å²) in [5.41, 5.74) is 7.26. The number of hydrogen-bond donors (Lipinski definition) is 0. The Morgan fingerprint density at radius 3 is 1.88 bits per heavy atom. The lowest BCUT2D eigenvalue weighted by atomic mass is 9.98. The molecular weight excluding hydrogens is 288 g/mol. The summed E-state index contributed by atoms with van der Waals surface area (Å²) in [6.07, 6.45) is 12.8. The molecule has 0 radical (unpaired) electrons. The van der Waals surface area contributed by atoms with Gasteiger partial charge in [0.25, 0.3) is 0 Å². The molecule has 1 aliphatic carbocycles. The van der Waals surface area contributed by atoms with Crippen molar-refractivity contribution < 1.29 is 0 Å². The summed E-state index contributed by atoms with van der Waals surface area (Å²) in [4.78, 5) is 0. The van der Waals surface area contributed by atoms with Gasteiger partial charge in [-0.15, -0.1) is 0 Å². The molecule has 0 aliphatic heterocycles. The van der Waals surface area contributed by atoms with Crippen molar-refractivity contribution in [2.75, 3.05) is 0 Å². The molecule has 2 aromatic carbocycles. The zero-order valence-electron chi connectivity index (χ0n) is 14.5. The molecule has 122 valence electrons. The molecule has 3 rings (SSSR count). The Morgan fingerprint density at radius 1 is 0.667 bits per heavy atom. The van der Waals surface area contributed by atoms with Crippen LogP contribution >= 0.6 is 0 Å². The molecule has 0 spiro atoms. The van der Waals surface area contributed by atoms with Crippen molar-refractivity contribution in [1.82, 2.24) is 0 Å². The molecule has 0 bridgehead atoms. The molecule has 2 aromatic rings. The van der Waals surface area contributed by atoms with Crippen LogP contribution in [0.15, 0.2) is 95.6 Å². The van der Waals surface area contributed by atoms with Crippen molar-refractivity contribution in [2.24, 2.45) is 0 Å². The summed E-state index contributed by atoms with van der Waals surface area (Å²) in [5, 5.41) is 0. The van der Waals surface area contributed by atoms with Crippen molar-refractivity contribution in [3.8, 4) is 0 Å². The minimum atomic E-state index is 1.09. The first-order chi connectivity index (χ1) is 11.8. The maximum absolute atomic E-state index is 2.44. The maximum Gasteiger partial charge on any atom is -0.0130 e. The lowest BCUT2D eigenvalue weighted by Gasteiger charge is -2.07. The van der Waals surface area contributed by atoms with E-state index in [1.54, 1.807) is 5.57 Å². The maximum atomic E-state index is 2.44. The molecule has 0 saturated carbocycles. The van der Waals surface area contributed by atoms with E-state index in [1.807, 2.05) is 0 Å². The SMILES string of the molecule is CC1=CCC(CCc2ccccc2)=CC(CCc2ccccc2)=C1. The fourth-order valence-electron chi connectivity index (χ4n) is 3.21. The first-order valence-electron chi connectivity index (χ1n) is 8.94. The molecule has 24 heavy (non-hydrogen) atoms. The van der Waals surface area contributed by atoms with E-state index in [9.17, 15) is 0 Å². The monoisotopic (exact) mass is 314 g/mol. The van der Waals surface area contributed by atoms with Crippen molar-refractivity contribution in [2.45, 2.75) is 39.0 Å². The molecule has 0 heteroatoms. The minimum absolute atomic E-state index is 1.09. The van der Waals surface area contributed by atoms with E-state index in [2.05, 4.69) is 85.8 Å². The summed E-state index contributed by atoms with van der Waals surface area (Å²) < 4.78 is 0. The molecular formula is C24H26. The molecule has 0 nitrogen and oxygen atoms in total. The number of aryl methyl sites for hydroxylation is 2. The Bertz CT molecular complexity index is 730. The lowest BCUT2D eigenvalue weighted by Crippen LogP contribution is -1.91. The van der Waals surface area contributed by atoms with Crippen molar-refractivity contribution in [1.29, 1.82) is 0 Å². The van der Waals surface area contributed by atoms with Crippen LogP contribution in [-0.2, 0) is 12.8 Å². The zero-order valence-corrected chi connectivity index (χ0v) is 14.5. The largest absolute Gasteiger partial charge is 0.0775 e. The number of rotatable bonds is 6. The molecule has 0 saturated heterocycles. The second kappa shape index (κ2) is 8.49. The van der Waals surface area contributed by atoms with Gasteiger partial charge in [-0.25, -0.2) is 0 Å². The summed E-state index contributed by atoms with van der Waals surface area (Å²) in [7, 11) is 0. The van der Waals surface area contributed by atoms with Gasteiger partial charge in [-0.2, -0.15) is 0 Å². The Labute approximate surface area is 146 Å². The highest BCUT2D eigenvalue weighted by atomic mass is 14.1. The van der Waals surface area contributed by atoms with Crippen molar-refractivity contribution in [3.63, 3.8) is 0 Å². The zero-order chi connectivity index (χ0) is 16.6. The van der Waals surface area contributed by atoms with Crippen LogP contribution in [0.3, 0.4) is 0 Å².